The van der Waals surface area contributed by atoms with Crippen LogP contribution in [-0.4, -0.2) is 6.04 Å². The van der Waals surface area contributed by atoms with E-state index in [1.54, 1.807) is 0 Å². The van der Waals surface area contributed by atoms with Crippen LogP contribution in [0.1, 0.15) is 24.8 Å². The highest BCUT2D eigenvalue weighted by atomic mass is 79.9. The van der Waals surface area contributed by atoms with Crippen molar-refractivity contribution in [3.05, 3.63) is 34.1 Å². The van der Waals surface area contributed by atoms with Gasteiger partial charge in [0.15, 0.2) is 0 Å². The molecule has 1 nitrogen and oxygen atoms in total. The fourth-order valence-electron chi connectivity index (χ4n) is 1.53. The van der Waals surface area contributed by atoms with Crippen molar-refractivity contribution in [3.63, 3.8) is 0 Å². The zero-order valence-electron chi connectivity index (χ0n) is 7.89. The molecule has 1 saturated carbocycles. The Kier molecular flexibility index (Phi) is 3.19. The van der Waals surface area contributed by atoms with Crippen molar-refractivity contribution in [1.29, 1.82) is 0 Å². The molecule has 2 rings (SSSR count). The van der Waals surface area contributed by atoms with Crippen LogP contribution >= 0.6 is 15.9 Å². The van der Waals surface area contributed by atoms with Gasteiger partial charge in [0.1, 0.15) is 5.82 Å². The van der Waals surface area contributed by atoms with Crippen LogP contribution in [0.2, 0.25) is 0 Å². The van der Waals surface area contributed by atoms with Gasteiger partial charge in [0.25, 0.3) is 0 Å². The zero-order valence-corrected chi connectivity index (χ0v) is 9.48. The molecule has 1 aromatic carbocycles. The summed E-state index contributed by atoms with van der Waals surface area (Å²) in [6.45, 7) is 0.643. The summed E-state index contributed by atoms with van der Waals surface area (Å²) in [5, 5.41) is 3.34. The normalized spacial score (nSPS) is 16.7. The molecule has 3 heteroatoms. The average Bonchev–Trinajstić information content (AvgIpc) is 2.05. The van der Waals surface area contributed by atoms with Gasteiger partial charge in [-0.05, 0) is 25.0 Å². The van der Waals surface area contributed by atoms with E-state index < -0.39 is 0 Å². The lowest BCUT2D eigenvalue weighted by atomic mass is 9.93. The van der Waals surface area contributed by atoms with Crippen LogP contribution in [-0.2, 0) is 6.54 Å². The van der Waals surface area contributed by atoms with E-state index >= 15 is 0 Å². The van der Waals surface area contributed by atoms with Gasteiger partial charge in [0.2, 0.25) is 0 Å². The van der Waals surface area contributed by atoms with E-state index in [1.165, 1.54) is 25.3 Å². The van der Waals surface area contributed by atoms with Crippen LogP contribution in [0.25, 0.3) is 0 Å². The first-order valence-corrected chi connectivity index (χ1v) is 5.72. The summed E-state index contributed by atoms with van der Waals surface area (Å²) in [5.74, 6) is -0.133. The van der Waals surface area contributed by atoms with Gasteiger partial charge >= 0.3 is 0 Å². The Morgan fingerprint density at radius 1 is 1.43 bits per heavy atom. The SMILES string of the molecule is Fc1cc(Br)ccc1CNC1CCC1. The third-order valence-electron chi connectivity index (χ3n) is 2.70. The molecule has 1 N–H and O–H groups in total. The lowest BCUT2D eigenvalue weighted by molar-refractivity contribution is 0.336. The molecule has 0 saturated heterocycles. The van der Waals surface area contributed by atoms with E-state index in [2.05, 4.69) is 21.2 Å². The average molecular weight is 258 g/mol. The minimum absolute atomic E-state index is 0.133. The molecule has 0 unspecified atom stereocenters. The quantitative estimate of drug-likeness (QED) is 0.877. The monoisotopic (exact) mass is 257 g/mol. The van der Waals surface area contributed by atoms with E-state index in [0.29, 0.717) is 12.6 Å². The van der Waals surface area contributed by atoms with Gasteiger partial charge in [-0.1, -0.05) is 28.4 Å². The van der Waals surface area contributed by atoms with Crippen molar-refractivity contribution in [2.45, 2.75) is 31.8 Å². The lowest BCUT2D eigenvalue weighted by Crippen LogP contribution is -2.34. The van der Waals surface area contributed by atoms with Crippen molar-refractivity contribution < 1.29 is 4.39 Å². The molecule has 0 amide bonds. The second kappa shape index (κ2) is 4.41. The maximum atomic E-state index is 13.4. The molecule has 0 aliphatic heterocycles. The summed E-state index contributed by atoms with van der Waals surface area (Å²) in [7, 11) is 0. The first-order valence-electron chi connectivity index (χ1n) is 4.93. The smallest absolute Gasteiger partial charge is 0.128 e. The van der Waals surface area contributed by atoms with Gasteiger partial charge < -0.3 is 5.32 Å². The van der Waals surface area contributed by atoms with Gasteiger partial charge in [-0.25, -0.2) is 4.39 Å². The zero-order chi connectivity index (χ0) is 9.97. The van der Waals surface area contributed by atoms with Gasteiger partial charge in [-0.3, -0.25) is 0 Å². The Bertz CT molecular complexity index is 323. The van der Waals surface area contributed by atoms with Crippen molar-refractivity contribution in [3.8, 4) is 0 Å². The summed E-state index contributed by atoms with van der Waals surface area (Å²) in [6.07, 6.45) is 3.77. The largest absolute Gasteiger partial charge is 0.310 e. The third kappa shape index (κ3) is 2.34. The topological polar surface area (TPSA) is 12.0 Å². The summed E-state index contributed by atoms with van der Waals surface area (Å²) in [5.41, 5.74) is 0.750. The Morgan fingerprint density at radius 2 is 2.21 bits per heavy atom. The molecule has 0 atom stereocenters. The number of hydrogen-bond acceptors (Lipinski definition) is 1. The highest BCUT2D eigenvalue weighted by molar-refractivity contribution is 9.10. The Balaban J connectivity index is 1.94. The minimum atomic E-state index is -0.133. The lowest BCUT2D eigenvalue weighted by Gasteiger charge is -2.26. The third-order valence-corrected chi connectivity index (χ3v) is 3.19. The number of rotatable bonds is 3. The molecule has 0 aromatic heterocycles. The minimum Gasteiger partial charge on any atom is -0.310 e. The molecule has 1 aliphatic rings. The summed E-state index contributed by atoms with van der Waals surface area (Å²) in [4.78, 5) is 0. The van der Waals surface area contributed by atoms with Crippen molar-refractivity contribution in [2.75, 3.05) is 0 Å². The fraction of sp³-hybridized carbons (Fsp3) is 0.455. The number of nitrogens with one attached hydrogen (secondary N) is 1. The van der Waals surface area contributed by atoms with Gasteiger partial charge in [0.05, 0.1) is 0 Å². The predicted octanol–water partition coefficient (Wildman–Crippen LogP) is 3.23. The maximum absolute atomic E-state index is 13.4. The molecule has 1 aliphatic carbocycles. The van der Waals surface area contributed by atoms with E-state index in [1.807, 2.05) is 12.1 Å². The van der Waals surface area contributed by atoms with Crippen LogP contribution in [0.15, 0.2) is 22.7 Å². The first-order chi connectivity index (χ1) is 6.75. The van der Waals surface area contributed by atoms with Crippen molar-refractivity contribution >= 4 is 15.9 Å². The second-order valence-corrected chi connectivity index (χ2v) is 4.66. The first kappa shape index (κ1) is 10.1. The molecular weight excluding hydrogens is 245 g/mol. The van der Waals surface area contributed by atoms with E-state index in [-0.39, 0.29) is 5.82 Å². The number of benzene rings is 1. The predicted molar refractivity (Wildman–Crippen MR) is 58.6 cm³/mol. The molecule has 0 heterocycles. The highest BCUT2D eigenvalue weighted by Gasteiger charge is 2.16. The highest BCUT2D eigenvalue weighted by Crippen LogP contribution is 2.20. The molecular formula is C11H13BrFN. The molecule has 1 aromatic rings. The molecule has 0 radical (unpaired) electrons. The molecule has 76 valence electrons. The van der Waals surface area contributed by atoms with E-state index in [4.69, 9.17) is 0 Å². The Morgan fingerprint density at radius 3 is 2.79 bits per heavy atom. The van der Waals surface area contributed by atoms with Gasteiger partial charge in [-0.15, -0.1) is 0 Å². The van der Waals surface area contributed by atoms with Gasteiger partial charge in [-0.2, -0.15) is 0 Å². The number of hydrogen-bond donors (Lipinski definition) is 1. The number of halogens is 2. The molecule has 0 bridgehead atoms. The van der Waals surface area contributed by atoms with Crippen LogP contribution in [0.3, 0.4) is 0 Å². The van der Waals surface area contributed by atoms with E-state index in [0.717, 1.165) is 10.0 Å². The molecule has 14 heavy (non-hydrogen) atoms. The van der Waals surface area contributed by atoms with E-state index in [9.17, 15) is 4.39 Å². The summed E-state index contributed by atoms with van der Waals surface area (Å²) >= 11 is 3.24. The van der Waals surface area contributed by atoms with Crippen molar-refractivity contribution in [2.24, 2.45) is 0 Å². The Labute approximate surface area is 91.8 Å². The Hall–Kier alpha value is -0.410. The standard InChI is InChI=1S/C11H13BrFN/c12-9-5-4-8(11(13)6-9)7-14-10-2-1-3-10/h4-6,10,14H,1-3,7H2. The van der Waals surface area contributed by atoms with Crippen LogP contribution in [0, 0.1) is 5.82 Å². The van der Waals surface area contributed by atoms with Crippen LogP contribution in [0.4, 0.5) is 4.39 Å². The summed E-state index contributed by atoms with van der Waals surface area (Å²) in [6, 6.07) is 5.82. The maximum Gasteiger partial charge on any atom is 0.128 e. The van der Waals surface area contributed by atoms with Crippen LogP contribution < -0.4 is 5.32 Å². The fourth-order valence-corrected chi connectivity index (χ4v) is 1.86. The second-order valence-electron chi connectivity index (χ2n) is 3.74. The molecule has 0 spiro atoms. The van der Waals surface area contributed by atoms with Crippen LogP contribution in [0.5, 0.6) is 0 Å². The van der Waals surface area contributed by atoms with Gasteiger partial charge in [0, 0.05) is 22.6 Å². The van der Waals surface area contributed by atoms with Crippen molar-refractivity contribution in [1.82, 2.24) is 5.32 Å². The molecule has 1 fully saturated rings. The summed E-state index contributed by atoms with van der Waals surface area (Å²) < 4.78 is 14.1.